The zero-order chi connectivity index (χ0) is 15.6. The lowest BCUT2D eigenvalue weighted by atomic mass is 10.2. The van der Waals surface area contributed by atoms with E-state index < -0.39 is 26.3 Å². The van der Waals surface area contributed by atoms with Crippen molar-refractivity contribution in [3.63, 3.8) is 0 Å². The average molecular weight is 326 g/mol. The normalized spacial score (nSPS) is 10.9. The predicted octanol–water partition coefficient (Wildman–Crippen LogP) is 2.73. The van der Waals surface area contributed by atoms with Crippen molar-refractivity contribution in [3.05, 3.63) is 52.8 Å². The van der Waals surface area contributed by atoms with Crippen molar-refractivity contribution >= 4 is 33.0 Å². The average Bonchev–Trinajstić information content (AvgIpc) is 2.42. The van der Waals surface area contributed by atoms with Crippen LogP contribution < -0.4 is 10.5 Å². The van der Waals surface area contributed by atoms with Crippen molar-refractivity contribution in [2.45, 2.75) is 4.90 Å². The number of nitriles is 1. The number of nitrogens with zero attached hydrogens (tertiary/aromatic N) is 1. The molecule has 0 aliphatic heterocycles. The van der Waals surface area contributed by atoms with E-state index in [4.69, 9.17) is 22.6 Å². The van der Waals surface area contributed by atoms with Crippen LogP contribution in [0.15, 0.2) is 41.3 Å². The first-order valence-corrected chi connectivity index (χ1v) is 7.48. The molecule has 0 saturated carbocycles. The molecule has 0 saturated heterocycles. The molecule has 0 aliphatic carbocycles. The van der Waals surface area contributed by atoms with Gasteiger partial charge in [0.05, 0.1) is 11.4 Å². The molecule has 0 amide bonds. The zero-order valence-electron chi connectivity index (χ0n) is 10.5. The van der Waals surface area contributed by atoms with Crippen molar-refractivity contribution < 1.29 is 12.8 Å². The van der Waals surface area contributed by atoms with Crippen LogP contribution in [0.3, 0.4) is 0 Å². The fourth-order valence-corrected chi connectivity index (χ4v) is 3.07. The molecule has 2 aromatic rings. The Kier molecular flexibility index (Phi) is 4.02. The third kappa shape index (κ3) is 3.07. The van der Waals surface area contributed by atoms with Gasteiger partial charge < -0.3 is 5.73 Å². The summed E-state index contributed by atoms with van der Waals surface area (Å²) in [6, 6.07) is 9.11. The number of hydrogen-bond donors (Lipinski definition) is 2. The van der Waals surface area contributed by atoms with Crippen LogP contribution in [0.2, 0.25) is 5.02 Å². The highest BCUT2D eigenvalue weighted by molar-refractivity contribution is 7.92. The van der Waals surface area contributed by atoms with Gasteiger partial charge in [-0.1, -0.05) is 17.7 Å². The molecule has 21 heavy (non-hydrogen) atoms. The second-order valence-corrected chi connectivity index (χ2v) is 6.15. The molecular weight excluding hydrogens is 317 g/mol. The van der Waals surface area contributed by atoms with Crippen molar-refractivity contribution in [1.82, 2.24) is 0 Å². The number of benzene rings is 2. The molecule has 5 nitrogen and oxygen atoms in total. The largest absolute Gasteiger partial charge is 0.397 e. The van der Waals surface area contributed by atoms with Crippen LogP contribution >= 0.6 is 11.6 Å². The fraction of sp³-hybridized carbons (Fsp3) is 0. The monoisotopic (exact) mass is 325 g/mol. The summed E-state index contributed by atoms with van der Waals surface area (Å²) in [6.07, 6.45) is 0. The molecule has 0 fully saturated rings. The van der Waals surface area contributed by atoms with E-state index in [2.05, 4.69) is 4.72 Å². The maximum Gasteiger partial charge on any atom is 0.263 e. The molecule has 2 rings (SSSR count). The van der Waals surface area contributed by atoms with Crippen molar-refractivity contribution in [3.8, 4) is 6.07 Å². The first-order valence-electron chi connectivity index (χ1n) is 5.61. The third-order valence-corrected chi connectivity index (χ3v) is 4.28. The molecule has 0 radical (unpaired) electrons. The number of nitrogens with one attached hydrogen (secondary N) is 1. The Balaban J connectivity index is 2.52. The summed E-state index contributed by atoms with van der Waals surface area (Å²) in [6.45, 7) is 0. The van der Waals surface area contributed by atoms with Gasteiger partial charge in [-0.05, 0) is 30.3 Å². The maximum absolute atomic E-state index is 13.5. The van der Waals surface area contributed by atoms with Gasteiger partial charge in [0.25, 0.3) is 10.0 Å². The Labute approximate surface area is 125 Å². The van der Waals surface area contributed by atoms with Gasteiger partial charge in [0, 0.05) is 5.02 Å². The molecule has 0 aromatic heterocycles. The van der Waals surface area contributed by atoms with Crippen molar-refractivity contribution in [2.24, 2.45) is 0 Å². The first-order chi connectivity index (χ1) is 9.85. The Morgan fingerprint density at radius 1 is 1.29 bits per heavy atom. The molecule has 0 spiro atoms. The number of rotatable bonds is 3. The van der Waals surface area contributed by atoms with Gasteiger partial charge in [0.15, 0.2) is 0 Å². The number of nitrogens with two attached hydrogens (primary N) is 1. The minimum Gasteiger partial charge on any atom is -0.397 e. The SMILES string of the molecule is N#Cc1c(F)cccc1S(=O)(=O)Nc1cc(Cl)ccc1N. The molecular formula is C13H9ClFN3O2S. The van der Waals surface area contributed by atoms with Gasteiger partial charge in [-0.2, -0.15) is 5.26 Å². The molecule has 3 N–H and O–H groups in total. The first kappa shape index (κ1) is 15.1. The van der Waals surface area contributed by atoms with Gasteiger partial charge >= 0.3 is 0 Å². The second kappa shape index (κ2) is 5.60. The fourth-order valence-electron chi connectivity index (χ4n) is 1.65. The van der Waals surface area contributed by atoms with E-state index in [-0.39, 0.29) is 16.4 Å². The Hall–Kier alpha value is -2.30. The minimum absolute atomic E-state index is 0.0515. The number of nitrogen functional groups attached to an aromatic ring is 1. The van der Waals surface area contributed by atoms with Gasteiger partial charge in [-0.15, -0.1) is 0 Å². The Morgan fingerprint density at radius 2 is 2.00 bits per heavy atom. The summed E-state index contributed by atoms with van der Waals surface area (Å²) in [5.41, 5.74) is 5.29. The number of halogens is 2. The Bertz CT molecular complexity index is 847. The van der Waals surface area contributed by atoms with E-state index in [0.29, 0.717) is 0 Å². The third-order valence-electron chi connectivity index (χ3n) is 2.64. The molecule has 2 aromatic carbocycles. The molecule has 8 heteroatoms. The van der Waals surface area contributed by atoms with Gasteiger partial charge in [0.2, 0.25) is 0 Å². The summed E-state index contributed by atoms with van der Waals surface area (Å²) >= 11 is 5.77. The van der Waals surface area contributed by atoms with Crippen LogP contribution in [0, 0.1) is 17.1 Å². The van der Waals surface area contributed by atoms with Crippen LogP contribution in [0.4, 0.5) is 15.8 Å². The summed E-state index contributed by atoms with van der Waals surface area (Å²) in [5.74, 6) is -0.917. The molecule has 108 valence electrons. The standard InChI is InChI=1S/C13H9ClFN3O2S/c14-8-4-5-11(17)12(6-8)18-21(19,20)13-3-1-2-10(15)9(13)7-16/h1-6,18H,17H2. The van der Waals surface area contributed by atoms with Crippen molar-refractivity contribution in [2.75, 3.05) is 10.5 Å². The lowest BCUT2D eigenvalue weighted by Crippen LogP contribution is -2.16. The molecule has 0 bridgehead atoms. The quantitative estimate of drug-likeness (QED) is 0.848. The van der Waals surface area contributed by atoms with Crippen LogP contribution in [0.5, 0.6) is 0 Å². The number of hydrogen-bond acceptors (Lipinski definition) is 4. The maximum atomic E-state index is 13.5. The summed E-state index contributed by atoms with van der Waals surface area (Å²) in [5, 5.41) is 9.18. The highest BCUT2D eigenvalue weighted by atomic mass is 35.5. The van der Waals surface area contributed by atoms with Crippen LogP contribution in [0.1, 0.15) is 5.56 Å². The van der Waals surface area contributed by atoms with Gasteiger partial charge in [-0.25, -0.2) is 12.8 Å². The minimum atomic E-state index is -4.17. The highest BCUT2D eigenvalue weighted by Crippen LogP contribution is 2.27. The zero-order valence-corrected chi connectivity index (χ0v) is 12.0. The summed E-state index contributed by atoms with van der Waals surface area (Å²) in [7, 11) is -4.17. The number of anilines is 2. The predicted molar refractivity (Wildman–Crippen MR) is 77.8 cm³/mol. The highest BCUT2D eigenvalue weighted by Gasteiger charge is 2.22. The van der Waals surface area contributed by atoms with E-state index in [1.807, 2.05) is 0 Å². The molecule has 0 heterocycles. The lowest BCUT2D eigenvalue weighted by Gasteiger charge is -2.11. The second-order valence-electron chi connectivity index (χ2n) is 4.06. The Morgan fingerprint density at radius 3 is 2.67 bits per heavy atom. The van der Waals surface area contributed by atoms with E-state index in [9.17, 15) is 12.8 Å². The van der Waals surface area contributed by atoms with E-state index in [1.54, 1.807) is 0 Å². The molecule has 0 atom stereocenters. The van der Waals surface area contributed by atoms with E-state index >= 15 is 0 Å². The van der Waals surface area contributed by atoms with Crippen LogP contribution in [-0.4, -0.2) is 8.42 Å². The smallest absolute Gasteiger partial charge is 0.263 e. The van der Waals surface area contributed by atoms with Gasteiger partial charge in [0.1, 0.15) is 22.3 Å². The topological polar surface area (TPSA) is 96.0 Å². The molecule has 0 aliphatic rings. The van der Waals surface area contributed by atoms with Crippen molar-refractivity contribution in [1.29, 1.82) is 5.26 Å². The van der Waals surface area contributed by atoms with Crippen LogP contribution in [-0.2, 0) is 10.0 Å². The summed E-state index contributed by atoms with van der Waals surface area (Å²) in [4.78, 5) is -0.468. The van der Waals surface area contributed by atoms with E-state index in [1.165, 1.54) is 30.3 Å². The summed E-state index contributed by atoms with van der Waals surface area (Å²) < 4.78 is 40.2. The number of sulfonamides is 1. The lowest BCUT2D eigenvalue weighted by molar-refractivity contribution is 0.593. The molecule has 0 unspecified atom stereocenters. The van der Waals surface area contributed by atoms with Crippen LogP contribution in [0.25, 0.3) is 0 Å². The van der Waals surface area contributed by atoms with E-state index in [0.717, 1.165) is 12.1 Å². The van der Waals surface area contributed by atoms with Gasteiger partial charge in [-0.3, -0.25) is 4.72 Å².